The van der Waals surface area contributed by atoms with Gasteiger partial charge in [0.15, 0.2) is 12.2 Å². The molecule has 14 heteroatoms. The van der Waals surface area contributed by atoms with Crippen molar-refractivity contribution in [2.75, 3.05) is 13.2 Å². The summed E-state index contributed by atoms with van der Waals surface area (Å²) in [7, 11) is 0. The van der Waals surface area contributed by atoms with Crippen LogP contribution in [0.25, 0.3) is 0 Å². The fourth-order valence-corrected chi connectivity index (χ4v) is 3.54. The van der Waals surface area contributed by atoms with E-state index in [1.165, 1.54) is 0 Å². The van der Waals surface area contributed by atoms with Crippen LogP contribution in [-0.2, 0) is 43.4 Å². The van der Waals surface area contributed by atoms with Crippen molar-refractivity contribution in [3.8, 4) is 0 Å². The maximum atomic E-state index is 12.1. The third kappa shape index (κ3) is 8.80. The van der Waals surface area contributed by atoms with Gasteiger partial charge in [-0.05, 0) is 39.5 Å². The van der Waals surface area contributed by atoms with Crippen molar-refractivity contribution in [3.63, 3.8) is 0 Å². The standard InChI is InChI=1S/C18H30N2O12/c1-11(19-31-32-25)5-3-7-15(21)28-13-9-26-18-14(10-27-17(13)18)29-16(22)8-4-6-12(2)30-20(23)24/h11-14,17-19,25H,3-10H2,1-2H3/t11-,12?,13+,14+,17+,18+/m0/s1. The molecule has 2 saturated heterocycles. The summed E-state index contributed by atoms with van der Waals surface area (Å²) in [6.07, 6.45) is -0.743. The van der Waals surface area contributed by atoms with Crippen LogP contribution >= 0.6 is 0 Å². The second kappa shape index (κ2) is 13.4. The highest BCUT2D eigenvalue weighted by molar-refractivity contribution is 5.70. The molecule has 0 aromatic carbocycles. The Bertz CT molecular complexity index is 621. The summed E-state index contributed by atoms with van der Waals surface area (Å²) < 4.78 is 22.1. The van der Waals surface area contributed by atoms with E-state index in [1.807, 2.05) is 0 Å². The first kappa shape index (κ1) is 26.2. The molecule has 2 fully saturated rings. The fraction of sp³-hybridized carbons (Fsp3) is 0.889. The van der Waals surface area contributed by atoms with Gasteiger partial charge in [0.2, 0.25) is 0 Å². The molecule has 6 atom stereocenters. The van der Waals surface area contributed by atoms with E-state index >= 15 is 0 Å². The Labute approximate surface area is 184 Å². The molecule has 2 heterocycles. The highest BCUT2D eigenvalue weighted by atomic mass is 17.5. The van der Waals surface area contributed by atoms with E-state index in [0.29, 0.717) is 25.7 Å². The molecule has 32 heavy (non-hydrogen) atoms. The van der Waals surface area contributed by atoms with Gasteiger partial charge in [-0.1, -0.05) is 5.04 Å². The smallest absolute Gasteiger partial charge is 0.306 e. The third-order valence-electron chi connectivity index (χ3n) is 5.09. The van der Waals surface area contributed by atoms with Crippen molar-refractivity contribution >= 4 is 11.9 Å². The Balaban J connectivity index is 1.64. The molecule has 0 bridgehead atoms. The number of nitrogens with one attached hydrogen (secondary N) is 1. The zero-order chi connectivity index (χ0) is 23.5. The second-order valence-corrected chi connectivity index (χ2v) is 7.75. The molecule has 2 rings (SSSR count). The van der Waals surface area contributed by atoms with E-state index in [-0.39, 0.29) is 32.1 Å². The predicted octanol–water partition coefficient (Wildman–Crippen LogP) is 0.859. The second-order valence-electron chi connectivity index (χ2n) is 7.75. The van der Waals surface area contributed by atoms with Crippen LogP contribution in [0, 0.1) is 10.1 Å². The number of carbonyl (C=O) groups excluding carboxylic acids is 2. The van der Waals surface area contributed by atoms with Crippen LogP contribution in [-0.4, -0.2) is 72.1 Å². The molecule has 0 radical (unpaired) electrons. The van der Waals surface area contributed by atoms with Gasteiger partial charge in [-0.15, -0.1) is 15.1 Å². The van der Waals surface area contributed by atoms with Gasteiger partial charge in [-0.25, -0.2) is 5.26 Å². The Morgan fingerprint density at radius 2 is 1.59 bits per heavy atom. The van der Waals surface area contributed by atoms with E-state index in [0.717, 1.165) is 0 Å². The Morgan fingerprint density at radius 3 is 2.09 bits per heavy atom. The van der Waals surface area contributed by atoms with Crippen LogP contribution in [0.3, 0.4) is 0 Å². The van der Waals surface area contributed by atoms with Gasteiger partial charge in [-0.3, -0.25) is 9.59 Å². The lowest BCUT2D eigenvalue weighted by Crippen LogP contribution is -2.36. The molecular weight excluding hydrogens is 436 g/mol. The maximum Gasteiger partial charge on any atom is 0.306 e. The Hall–Kier alpha value is -2.10. The highest BCUT2D eigenvalue weighted by Crippen LogP contribution is 2.31. The van der Waals surface area contributed by atoms with Crippen LogP contribution < -0.4 is 5.48 Å². The van der Waals surface area contributed by atoms with Gasteiger partial charge in [-0.2, -0.15) is 5.48 Å². The average Bonchev–Trinajstić information content (AvgIpc) is 3.29. The Morgan fingerprint density at radius 1 is 1.06 bits per heavy atom. The number of hydrogen-bond donors (Lipinski definition) is 2. The van der Waals surface area contributed by atoms with Crippen LogP contribution in [0.1, 0.15) is 52.4 Å². The van der Waals surface area contributed by atoms with Gasteiger partial charge in [0.1, 0.15) is 18.3 Å². The normalized spacial score (nSPS) is 26.2. The minimum atomic E-state index is -0.860. The van der Waals surface area contributed by atoms with Crippen molar-refractivity contribution in [2.45, 2.75) is 88.9 Å². The molecule has 0 spiro atoms. The summed E-state index contributed by atoms with van der Waals surface area (Å²) in [5.41, 5.74) is 2.42. The van der Waals surface area contributed by atoms with Crippen molar-refractivity contribution in [2.24, 2.45) is 0 Å². The zero-order valence-corrected chi connectivity index (χ0v) is 18.0. The number of esters is 2. The number of rotatable bonds is 15. The van der Waals surface area contributed by atoms with E-state index in [1.54, 1.807) is 13.8 Å². The van der Waals surface area contributed by atoms with Gasteiger partial charge in [0.05, 0.1) is 13.2 Å². The molecule has 0 amide bonds. The quantitative estimate of drug-likeness (QED) is 0.151. The van der Waals surface area contributed by atoms with Gasteiger partial charge in [0.25, 0.3) is 5.09 Å². The zero-order valence-electron chi connectivity index (χ0n) is 18.0. The van der Waals surface area contributed by atoms with Gasteiger partial charge in [0, 0.05) is 18.9 Å². The number of hydroxylamine groups is 1. The Kier molecular flexibility index (Phi) is 11.0. The summed E-state index contributed by atoms with van der Waals surface area (Å²) in [6, 6.07) is -0.147. The van der Waals surface area contributed by atoms with E-state index in [2.05, 4.69) is 20.3 Å². The largest absolute Gasteiger partial charge is 0.457 e. The molecule has 0 saturated carbocycles. The number of carbonyl (C=O) groups is 2. The summed E-state index contributed by atoms with van der Waals surface area (Å²) in [5, 5.41) is 20.9. The molecule has 2 N–H and O–H groups in total. The third-order valence-corrected chi connectivity index (χ3v) is 5.09. The van der Waals surface area contributed by atoms with E-state index in [9.17, 15) is 19.7 Å². The summed E-state index contributed by atoms with van der Waals surface area (Å²) in [4.78, 5) is 43.0. The fourth-order valence-electron chi connectivity index (χ4n) is 3.54. The van der Waals surface area contributed by atoms with Crippen LogP contribution in [0.5, 0.6) is 0 Å². The van der Waals surface area contributed by atoms with Crippen LogP contribution in [0.4, 0.5) is 0 Å². The molecule has 2 aliphatic rings. The summed E-state index contributed by atoms with van der Waals surface area (Å²) in [6.45, 7) is 3.61. The summed E-state index contributed by atoms with van der Waals surface area (Å²) >= 11 is 0. The molecule has 2 aliphatic heterocycles. The number of hydrogen-bond acceptors (Lipinski definition) is 13. The minimum absolute atomic E-state index is 0.0838. The van der Waals surface area contributed by atoms with Crippen molar-refractivity contribution in [1.82, 2.24) is 5.48 Å². The molecule has 1 unspecified atom stereocenters. The minimum Gasteiger partial charge on any atom is -0.457 e. The number of nitrogens with zero attached hydrogens (tertiary/aromatic N) is 1. The molecule has 0 aromatic heterocycles. The molecular formula is C18H30N2O12. The molecule has 14 nitrogen and oxygen atoms in total. The van der Waals surface area contributed by atoms with Crippen molar-refractivity contribution in [1.29, 1.82) is 0 Å². The van der Waals surface area contributed by atoms with Gasteiger partial charge >= 0.3 is 11.9 Å². The number of fused-ring (bicyclic) bond motifs is 1. The SMILES string of the molecule is CC(CCCC(=O)O[C@@H]1CO[C@H]2[C@@H]1OC[C@H]2OC(=O)CCC[C@H](C)NOOO)O[N+](=O)[O-]. The lowest BCUT2D eigenvalue weighted by Gasteiger charge is -2.17. The van der Waals surface area contributed by atoms with Gasteiger partial charge < -0.3 is 23.8 Å². The first-order valence-corrected chi connectivity index (χ1v) is 10.5. The van der Waals surface area contributed by atoms with Crippen LogP contribution in [0.2, 0.25) is 0 Å². The average molecular weight is 466 g/mol. The number of ether oxygens (including phenoxy) is 4. The predicted molar refractivity (Wildman–Crippen MR) is 102 cm³/mol. The highest BCUT2D eigenvalue weighted by Gasteiger charge is 2.51. The van der Waals surface area contributed by atoms with E-state index in [4.69, 9.17) is 24.2 Å². The van der Waals surface area contributed by atoms with Crippen molar-refractivity contribution < 1.29 is 53.7 Å². The molecule has 184 valence electrons. The molecule has 0 aromatic rings. The first-order valence-electron chi connectivity index (χ1n) is 10.5. The van der Waals surface area contributed by atoms with Crippen molar-refractivity contribution in [3.05, 3.63) is 10.1 Å². The lowest BCUT2D eigenvalue weighted by molar-refractivity contribution is -0.767. The topological polar surface area (TPSA) is 174 Å². The van der Waals surface area contributed by atoms with Crippen LogP contribution in [0.15, 0.2) is 0 Å². The first-order chi connectivity index (χ1) is 15.3. The molecule has 0 aliphatic carbocycles. The monoisotopic (exact) mass is 466 g/mol. The summed E-state index contributed by atoms with van der Waals surface area (Å²) in [5.74, 6) is -0.865. The van der Waals surface area contributed by atoms with E-state index < -0.39 is 47.5 Å². The lowest BCUT2D eigenvalue weighted by atomic mass is 10.1. The maximum absolute atomic E-state index is 12.1.